The number of aromatic hydroxyl groups is 1. The van der Waals surface area contributed by atoms with Crippen LogP contribution in [0.25, 0.3) is 0 Å². The van der Waals surface area contributed by atoms with Crippen LogP contribution >= 0.6 is 0 Å². The summed E-state index contributed by atoms with van der Waals surface area (Å²) in [5.74, 6) is -0.554. The SMILES string of the molecule is COc1cc(C(C)CN)c(O)cc1F. The van der Waals surface area contributed by atoms with Crippen molar-refractivity contribution in [2.24, 2.45) is 5.73 Å². The average molecular weight is 199 g/mol. The molecule has 0 spiro atoms. The molecule has 1 aromatic rings. The molecule has 0 radical (unpaired) electrons. The van der Waals surface area contributed by atoms with Crippen molar-refractivity contribution in [3.05, 3.63) is 23.5 Å². The monoisotopic (exact) mass is 199 g/mol. The molecule has 0 aromatic heterocycles. The third kappa shape index (κ3) is 1.96. The van der Waals surface area contributed by atoms with E-state index in [1.54, 1.807) is 0 Å². The number of hydrogen-bond donors (Lipinski definition) is 2. The van der Waals surface area contributed by atoms with E-state index < -0.39 is 5.82 Å². The van der Waals surface area contributed by atoms with Gasteiger partial charge in [-0.1, -0.05) is 6.92 Å². The molecule has 0 amide bonds. The van der Waals surface area contributed by atoms with Gasteiger partial charge in [0.1, 0.15) is 5.75 Å². The van der Waals surface area contributed by atoms with E-state index in [2.05, 4.69) is 0 Å². The molecule has 0 heterocycles. The lowest BCUT2D eigenvalue weighted by atomic mass is 10.00. The fourth-order valence-electron chi connectivity index (χ4n) is 1.24. The Kier molecular flexibility index (Phi) is 3.30. The summed E-state index contributed by atoms with van der Waals surface area (Å²) in [6.07, 6.45) is 0. The van der Waals surface area contributed by atoms with Gasteiger partial charge in [-0.15, -0.1) is 0 Å². The van der Waals surface area contributed by atoms with Gasteiger partial charge < -0.3 is 15.6 Å². The second-order valence-corrected chi connectivity index (χ2v) is 3.18. The van der Waals surface area contributed by atoms with Gasteiger partial charge in [-0.2, -0.15) is 0 Å². The Morgan fingerprint density at radius 3 is 2.71 bits per heavy atom. The standard InChI is InChI=1S/C10H14FNO2/c1-6(5-12)7-3-10(14-2)8(11)4-9(7)13/h3-4,6,13H,5,12H2,1-2H3. The normalized spacial score (nSPS) is 12.6. The number of phenols is 1. The molecule has 0 aliphatic heterocycles. The Hall–Kier alpha value is -1.29. The molecule has 14 heavy (non-hydrogen) atoms. The fourth-order valence-corrected chi connectivity index (χ4v) is 1.24. The van der Waals surface area contributed by atoms with Crippen LogP contribution in [0.5, 0.6) is 11.5 Å². The maximum atomic E-state index is 13.1. The Morgan fingerprint density at radius 1 is 1.57 bits per heavy atom. The van der Waals surface area contributed by atoms with Gasteiger partial charge in [0.15, 0.2) is 11.6 Å². The second-order valence-electron chi connectivity index (χ2n) is 3.18. The molecule has 0 saturated heterocycles. The van der Waals surface area contributed by atoms with Crippen molar-refractivity contribution in [2.45, 2.75) is 12.8 Å². The lowest BCUT2D eigenvalue weighted by Crippen LogP contribution is -2.09. The summed E-state index contributed by atoms with van der Waals surface area (Å²) >= 11 is 0. The number of rotatable bonds is 3. The largest absolute Gasteiger partial charge is 0.508 e. The number of nitrogens with two attached hydrogens (primary N) is 1. The Labute approximate surface area is 82.3 Å². The number of hydrogen-bond acceptors (Lipinski definition) is 3. The number of methoxy groups -OCH3 is 1. The first kappa shape index (κ1) is 10.8. The molecule has 0 saturated carbocycles. The van der Waals surface area contributed by atoms with Crippen molar-refractivity contribution >= 4 is 0 Å². The van der Waals surface area contributed by atoms with Gasteiger partial charge >= 0.3 is 0 Å². The van der Waals surface area contributed by atoms with Crippen molar-refractivity contribution in [3.63, 3.8) is 0 Å². The van der Waals surface area contributed by atoms with E-state index in [0.29, 0.717) is 12.1 Å². The van der Waals surface area contributed by atoms with Gasteiger partial charge in [0, 0.05) is 11.6 Å². The van der Waals surface area contributed by atoms with Crippen LogP contribution in [0.2, 0.25) is 0 Å². The van der Waals surface area contributed by atoms with Gasteiger partial charge in [0.05, 0.1) is 7.11 Å². The van der Waals surface area contributed by atoms with Crippen LogP contribution in [0, 0.1) is 5.82 Å². The highest BCUT2D eigenvalue weighted by molar-refractivity contribution is 5.42. The average Bonchev–Trinajstić information content (AvgIpc) is 2.17. The Morgan fingerprint density at radius 2 is 2.21 bits per heavy atom. The molecule has 0 aliphatic carbocycles. The smallest absolute Gasteiger partial charge is 0.168 e. The maximum absolute atomic E-state index is 13.1. The van der Waals surface area contributed by atoms with E-state index in [1.807, 2.05) is 6.92 Å². The van der Waals surface area contributed by atoms with Crippen LogP contribution in [0.4, 0.5) is 4.39 Å². The minimum absolute atomic E-state index is 0.0236. The van der Waals surface area contributed by atoms with E-state index in [-0.39, 0.29) is 17.4 Å². The van der Waals surface area contributed by atoms with E-state index in [4.69, 9.17) is 10.5 Å². The van der Waals surface area contributed by atoms with Crippen molar-refractivity contribution in [2.75, 3.05) is 13.7 Å². The van der Waals surface area contributed by atoms with Gasteiger partial charge in [-0.25, -0.2) is 4.39 Å². The minimum atomic E-state index is -0.571. The summed E-state index contributed by atoms with van der Waals surface area (Å²) in [6, 6.07) is 2.52. The molecule has 78 valence electrons. The van der Waals surface area contributed by atoms with E-state index in [9.17, 15) is 9.50 Å². The third-order valence-corrected chi connectivity index (χ3v) is 2.19. The lowest BCUT2D eigenvalue weighted by Gasteiger charge is -2.13. The van der Waals surface area contributed by atoms with Crippen molar-refractivity contribution in [1.29, 1.82) is 0 Å². The highest BCUT2D eigenvalue weighted by atomic mass is 19.1. The molecule has 4 heteroatoms. The molecule has 3 nitrogen and oxygen atoms in total. The fraction of sp³-hybridized carbons (Fsp3) is 0.400. The predicted octanol–water partition coefficient (Wildman–Crippen LogP) is 1.60. The molecule has 0 aliphatic rings. The van der Waals surface area contributed by atoms with Gasteiger partial charge in [0.2, 0.25) is 0 Å². The van der Waals surface area contributed by atoms with E-state index >= 15 is 0 Å². The molecular formula is C10H14FNO2. The molecule has 1 rings (SSSR count). The zero-order valence-corrected chi connectivity index (χ0v) is 8.25. The summed E-state index contributed by atoms with van der Waals surface area (Å²) in [7, 11) is 1.38. The topological polar surface area (TPSA) is 55.5 Å². The second kappa shape index (κ2) is 4.28. The van der Waals surface area contributed by atoms with Crippen molar-refractivity contribution in [3.8, 4) is 11.5 Å². The first-order chi connectivity index (χ1) is 6.60. The quantitative estimate of drug-likeness (QED) is 0.777. The van der Waals surface area contributed by atoms with Gasteiger partial charge in [-0.3, -0.25) is 0 Å². The molecule has 1 aromatic carbocycles. The molecule has 1 unspecified atom stereocenters. The Balaban J connectivity index is 3.17. The van der Waals surface area contributed by atoms with Crippen LogP contribution in [-0.4, -0.2) is 18.8 Å². The van der Waals surface area contributed by atoms with Crippen LogP contribution in [-0.2, 0) is 0 Å². The highest BCUT2D eigenvalue weighted by Gasteiger charge is 2.13. The van der Waals surface area contributed by atoms with Crippen molar-refractivity contribution in [1.82, 2.24) is 0 Å². The summed E-state index contributed by atoms with van der Waals surface area (Å²) < 4.78 is 17.9. The molecule has 3 N–H and O–H groups in total. The van der Waals surface area contributed by atoms with Crippen LogP contribution in [0.3, 0.4) is 0 Å². The zero-order chi connectivity index (χ0) is 10.7. The predicted molar refractivity (Wildman–Crippen MR) is 52.1 cm³/mol. The number of benzene rings is 1. The van der Waals surface area contributed by atoms with Crippen LogP contribution in [0.15, 0.2) is 12.1 Å². The molecule has 0 bridgehead atoms. The number of ether oxygens (including phenoxy) is 1. The summed E-state index contributed by atoms with van der Waals surface area (Å²) in [4.78, 5) is 0. The lowest BCUT2D eigenvalue weighted by molar-refractivity contribution is 0.380. The zero-order valence-electron chi connectivity index (χ0n) is 8.25. The summed E-state index contributed by atoms with van der Waals surface area (Å²) in [6.45, 7) is 2.24. The van der Waals surface area contributed by atoms with E-state index in [0.717, 1.165) is 6.07 Å². The summed E-state index contributed by atoms with van der Waals surface area (Å²) in [5, 5.41) is 9.46. The molecular weight excluding hydrogens is 185 g/mol. The summed E-state index contributed by atoms with van der Waals surface area (Å²) in [5.41, 5.74) is 6.06. The van der Waals surface area contributed by atoms with E-state index in [1.165, 1.54) is 13.2 Å². The van der Waals surface area contributed by atoms with Gasteiger partial charge in [0.25, 0.3) is 0 Å². The molecule has 1 atom stereocenters. The van der Waals surface area contributed by atoms with Gasteiger partial charge in [-0.05, 0) is 18.5 Å². The highest BCUT2D eigenvalue weighted by Crippen LogP contribution is 2.31. The minimum Gasteiger partial charge on any atom is -0.508 e. The third-order valence-electron chi connectivity index (χ3n) is 2.19. The first-order valence-electron chi connectivity index (χ1n) is 4.36. The maximum Gasteiger partial charge on any atom is 0.168 e. The molecule has 0 fully saturated rings. The first-order valence-corrected chi connectivity index (χ1v) is 4.36. The van der Waals surface area contributed by atoms with Crippen LogP contribution in [0.1, 0.15) is 18.4 Å². The number of halogens is 1. The van der Waals surface area contributed by atoms with Crippen LogP contribution < -0.4 is 10.5 Å². The Bertz CT molecular complexity index is 328. The number of phenolic OH excluding ortho intramolecular Hbond substituents is 1. The van der Waals surface area contributed by atoms with Crippen molar-refractivity contribution < 1.29 is 14.2 Å².